The van der Waals surface area contributed by atoms with Crippen LogP contribution in [0.25, 0.3) is 0 Å². The molecule has 0 amide bonds. The minimum Gasteiger partial charge on any atom is -0.359 e. The molecule has 0 aliphatic rings. The van der Waals surface area contributed by atoms with Crippen LogP contribution in [0.1, 0.15) is 32.0 Å². The molecule has 1 unspecified atom stereocenters. The van der Waals surface area contributed by atoms with Gasteiger partial charge in [-0.2, -0.15) is 0 Å². The van der Waals surface area contributed by atoms with Gasteiger partial charge < -0.3 is 10.6 Å². The molecule has 0 bridgehead atoms. The molecule has 0 fully saturated rings. The van der Waals surface area contributed by atoms with Gasteiger partial charge in [0.2, 0.25) is 0 Å². The van der Waals surface area contributed by atoms with E-state index >= 15 is 0 Å². The van der Waals surface area contributed by atoms with Crippen molar-refractivity contribution in [1.82, 2.24) is 4.98 Å². The normalized spacial score (nSPS) is 11.9. The van der Waals surface area contributed by atoms with Crippen molar-refractivity contribution in [2.24, 2.45) is 5.73 Å². The van der Waals surface area contributed by atoms with Gasteiger partial charge in [0.15, 0.2) is 0 Å². The maximum atomic E-state index is 5.75. The van der Waals surface area contributed by atoms with Gasteiger partial charge in [-0.3, -0.25) is 4.98 Å². The van der Waals surface area contributed by atoms with Gasteiger partial charge in [-0.15, -0.1) is 6.42 Å². The molecule has 0 aromatic carbocycles. The van der Waals surface area contributed by atoms with Crippen LogP contribution in [0.15, 0.2) is 18.3 Å². The van der Waals surface area contributed by atoms with E-state index in [1.54, 1.807) is 0 Å². The highest BCUT2D eigenvalue weighted by Gasteiger charge is 2.06. The zero-order valence-electron chi connectivity index (χ0n) is 9.98. The van der Waals surface area contributed by atoms with Gasteiger partial charge in [-0.05, 0) is 25.5 Å². The Hall–Kier alpha value is -1.53. The number of hydrogen-bond acceptors (Lipinski definition) is 3. The van der Waals surface area contributed by atoms with Crippen molar-refractivity contribution in [3.8, 4) is 12.3 Å². The Balaban J connectivity index is 2.81. The molecule has 1 rings (SSSR count). The molecule has 3 nitrogen and oxygen atoms in total. The number of pyridine rings is 1. The zero-order valence-corrected chi connectivity index (χ0v) is 9.98. The lowest BCUT2D eigenvalue weighted by Crippen LogP contribution is -2.24. The number of nitrogens with zero attached hydrogens (tertiary/aromatic N) is 2. The Morgan fingerprint density at radius 2 is 2.31 bits per heavy atom. The molecular weight excluding hydrogens is 198 g/mol. The third-order valence-electron chi connectivity index (χ3n) is 2.38. The van der Waals surface area contributed by atoms with Crippen LogP contribution in [0.5, 0.6) is 0 Å². The second kappa shape index (κ2) is 6.14. The smallest absolute Gasteiger partial charge is 0.0792 e. The van der Waals surface area contributed by atoms with E-state index in [4.69, 9.17) is 12.2 Å². The summed E-state index contributed by atoms with van der Waals surface area (Å²) in [6.07, 6.45) is 8.25. The first kappa shape index (κ1) is 12.5. The lowest BCUT2D eigenvalue weighted by Gasteiger charge is -2.21. The summed E-state index contributed by atoms with van der Waals surface area (Å²) in [5, 5.41) is 0. The Kier molecular flexibility index (Phi) is 4.81. The highest BCUT2D eigenvalue weighted by atomic mass is 15.1. The minimum atomic E-state index is -0.0266. The van der Waals surface area contributed by atoms with E-state index in [0.717, 1.165) is 24.3 Å². The van der Waals surface area contributed by atoms with E-state index < -0.39 is 0 Å². The topological polar surface area (TPSA) is 42.1 Å². The summed E-state index contributed by atoms with van der Waals surface area (Å²) in [6, 6.07) is 3.96. The third kappa shape index (κ3) is 3.25. The molecule has 1 aromatic rings. The average Bonchev–Trinajstić information content (AvgIpc) is 2.29. The summed E-state index contributed by atoms with van der Waals surface area (Å²) < 4.78 is 0. The molecule has 1 aromatic heterocycles. The molecule has 0 saturated carbocycles. The monoisotopic (exact) mass is 217 g/mol. The van der Waals surface area contributed by atoms with E-state index in [1.165, 1.54) is 0 Å². The van der Waals surface area contributed by atoms with E-state index in [2.05, 4.69) is 22.7 Å². The van der Waals surface area contributed by atoms with Crippen molar-refractivity contribution in [1.29, 1.82) is 0 Å². The summed E-state index contributed by atoms with van der Waals surface area (Å²) in [4.78, 5) is 6.47. The van der Waals surface area contributed by atoms with Gasteiger partial charge in [0.1, 0.15) is 0 Å². The predicted molar refractivity (Wildman–Crippen MR) is 68.2 cm³/mol. The van der Waals surface area contributed by atoms with Crippen LogP contribution in [0.2, 0.25) is 0 Å². The number of anilines is 1. The maximum absolute atomic E-state index is 5.75. The van der Waals surface area contributed by atoms with E-state index in [1.807, 2.05) is 25.3 Å². The fourth-order valence-electron chi connectivity index (χ4n) is 1.53. The van der Waals surface area contributed by atoms with Crippen LogP contribution in [-0.2, 0) is 0 Å². The summed E-state index contributed by atoms with van der Waals surface area (Å²) in [5.74, 6) is 2.66. The summed E-state index contributed by atoms with van der Waals surface area (Å²) >= 11 is 0. The van der Waals surface area contributed by atoms with Gasteiger partial charge in [0, 0.05) is 12.6 Å². The molecule has 86 valence electrons. The first-order valence-electron chi connectivity index (χ1n) is 5.59. The molecule has 0 aliphatic heterocycles. The number of hydrogen-bond donors (Lipinski definition) is 1. The Morgan fingerprint density at radius 3 is 2.75 bits per heavy atom. The van der Waals surface area contributed by atoms with Crippen LogP contribution in [0.4, 0.5) is 5.69 Å². The maximum Gasteiger partial charge on any atom is 0.0792 e. The fourth-order valence-corrected chi connectivity index (χ4v) is 1.53. The van der Waals surface area contributed by atoms with Crippen molar-refractivity contribution in [2.75, 3.05) is 18.0 Å². The number of nitrogens with two attached hydrogens (primary N) is 1. The van der Waals surface area contributed by atoms with Crippen molar-refractivity contribution in [3.05, 3.63) is 24.0 Å². The van der Waals surface area contributed by atoms with Crippen molar-refractivity contribution in [3.63, 3.8) is 0 Å². The average molecular weight is 217 g/mol. The van der Waals surface area contributed by atoms with Crippen molar-refractivity contribution >= 4 is 5.69 Å². The van der Waals surface area contributed by atoms with Gasteiger partial charge in [0.05, 0.1) is 24.1 Å². The largest absolute Gasteiger partial charge is 0.359 e. The van der Waals surface area contributed by atoms with E-state index in [9.17, 15) is 0 Å². The molecule has 16 heavy (non-hydrogen) atoms. The summed E-state index contributed by atoms with van der Waals surface area (Å²) in [7, 11) is 0. The number of terminal acetylenes is 1. The predicted octanol–water partition coefficient (Wildman–Crippen LogP) is 1.95. The molecule has 0 aliphatic carbocycles. The molecule has 0 saturated heterocycles. The van der Waals surface area contributed by atoms with Gasteiger partial charge >= 0.3 is 0 Å². The quantitative estimate of drug-likeness (QED) is 0.766. The Labute approximate surface area is 97.7 Å². The van der Waals surface area contributed by atoms with Gasteiger partial charge in [0.25, 0.3) is 0 Å². The van der Waals surface area contributed by atoms with Crippen LogP contribution >= 0.6 is 0 Å². The van der Waals surface area contributed by atoms with Crippen molar-refractivity contribution < 1.29 is 0 Å². The highest BCUT2D eigenvalue weighted by molar-refractivity contribution is 5.45. The fraction of sp³-hybridized carbons (Fsp3) is 0.462. The standard InChI is InChI=1S/C13H19N3/c1-4-8-16(9-5-2)12-6-7-13(11(3)14)15-10-12/h1,6-7,10-11H,5,8-9,14H2,2-3H3. The lowest BCUT2D eigenvalue weighted by molar-refractivity contribution is 0.774. The molecule has 0 radical (unpaired) electrons. The minimum absolute atomic E-state index is 0.0266. The summed E-state index contributed by atoms with van der Waals surface area (Å²) in [6.45, 7) is 5.62. The summed E-state index contributed by atoms with van der Waals surface area (Å²) in [5.41, 5.74) is 7.71. The molecule has 1 atom stereocenters. The highest BCUT2D eigenvalue weighted by Crippen LogP contribution is 2.15. The second-order valence-corrected chi connectivity index (χ2v) is 3.86. The Morgan fingerprint density at radius 1 is 1.56 bits per heavy atom. The van der Waals surface area contributed by atoms with Gasteiger partial charge in [-0.1, -0.05) is 12.8 Å². The van der Waals surface area contributed by atoms with Crippen LogP contribution < -0.4 is 10.6 Å². The zero-order chi connectivity index (χ0) is 12.0. The van der Waals surface area contributed by atoms with Gasteiger partial charge in [-0.25, -0.2) is 0 Å². The van der Waals surface area contributed by atoms with E-state index in [-0.39, 0.29) is 6.04 Å². The Bertz CT molecular complexity index is 348. The first-order valence-corrected chi connectivity index (χ1v) is 5.59. The SMILES string of the molecule is C#CCN(CCC)c1ccc(C(C)N)nc1. The molecule has 0 spiro atoms. The molecule has 2 N–H and O–H groups in total. The van der Waals surface area contributed by atoms with Crippen molar-refractivity contribution in [2.45, 2.75) is 26.3 Å². The first-order chi connectivity index (χ1) is 7.69. The number of aromatic nitrogens is 1. The van der Waals surface area contributed by atoms with E-state index in [0.29, 0.717) is 6.54 Å². The second-order valence-electron chi connectivity index (χ2n) is 3.86. The van der Waals surface area contributed by atoms with Crippen LogP contribution in [-0.4, -0.2) is 18.1 Å². The lowest BCUT2D eigenvalue weighted by atomic mass is 10.2. The molecule has 3 heteroatoms. The molecule has 1 heterocycles. The van der Waals surface area contributed by atoms with Crippen LogP contribution in [0, 0.1) is 12.3 Å². The molecular formula is C13H19N3. The number of rotatable bonds is 5. The van der Waals surface area contributed by atoms with Crippen LogP contribution in [0.3, 0.4) is 0 Å². The third-order valence-corrected chi connectivity index (χ3v) is 2.38.